The van der Waals surface area contributed by atoms with Crippen LogP contribution in [-0.2, 0) is 0 Å². The molecule has 1 amide bonds. The molecule has 3 aromatic rings. The van der Waals surface area contributed by atoms with Crippen LogP contribution in [0, 0.1) is 12.7 Å². The van der Waals surface area contributed by atoms with Gasteiger partial charge in [-0.05, 0) is 42.3 Å². The van der Waals surface area contributed by atoms with Crippen molar-refractivity contribution in [1.82, 2.24) is 9.78 Å². The number of hydrogen-bond donors (Lipinski definition) is 3. The van der Waals surface area contributed by atoms with E-state index in [1.54, 1.807) is 13.0 Å². The molecule has 0 unspecified atom stereocenters. The normalized spacial score (nSPS) is 18.2. The molecule has 1 aliphatic rings. The number of phenolic OH excluding ortho intramolecular Hbond substituents is 1. The van der Waals surface area contributed by atoms with Crippen LogP contribution in [0.5, 0.6) is 5.75 Å². The fraction of sp³-hybridized carbons (Fsp3) is 0.238. The van der Waals surface area contributed by atoms with Crippen LogP contribution < -0.4 is 10.6 Å². The van der Waals surface area contributed by atoms with Crippen LogP contribution in [0.4, 0.5) is 29.1 Å². The SMILES string of the molecule is Cc1ccc(O)c(NC(=O)c2cc3n(n2)[C@H](C(F)(F)F)C[C@@H](c2ccc(F)cc2)N3)c1. The van der Waals surface area contributed by atoms with Crippen molar-refractivity contribution in [2.45, 2.75) is 31.6 Å². The van der Waals surface area contributed by atoms with E-state index in [1.165, 1.54) is 42.5 Å². The van der Waals surface area contributed by atoms with Gasteiger partial charge in [0.25, 0.3) is 5.91 Å². The Morgan fingerprint density at radius 3 is 2.58 bits per heavy atom. The van der Waals surface area contributed by atoms with E-state index in [4.69, 9.17) is 0 Å². The third-order valence-electron chi connectivity index (χ3n) is 5.10. The monoisotopic (exact) mass is 434 g/mol. The smallest absolute Gasteiger partial charge is 0.410 e. The lowest BCUT2D eigenvalue weighted by atomic mass is 9.97. The van der Waals surface area contributed by atoms with Gasteiger partial charge in [-0.25, -0.2) is 9.07 Å². The highest BCUT2D eigenvalue weighted by atomic mass is 19.4. The number of nitrogens with one attached hydrogen (secondary N) is 2. The first-order valence-electron chi connectivity index (χ1n) is 9.41. The molecule has 6 nitrogen and oxygen atoms in total. The number of aromatic nitrogens is 2. The number of carbonyl (C=O) groups is 1. The molecule has 0 saturated heterocycles. The van der Waals surface area contributed by atoms with E-state index in [0.717, 1.165) is 10.2 Å². The Kier molecular flexibility index (Phi) is 5.08. The van der Waals surface area contributed by atoms with Crippen molar-refractivity contribution in [3.8, 4) is 5.75 Å². The molecule has 0 bridgehead atoms. The molecule has 1 aromatic heterocycles. The van der Waals surface area contributed by atoms with Crippen molar-refractivity contribution < 1.29 is 27.5 Å². The quantitative estimate of drug-likeness (QED) is 0.403. The van der Waals surface area contributed by atoms with Gasteiger partial charge in [-0.2, -0.15) is 18.3 Å². The summed E-state index contributed by atoms with van der Waals surface area (Å²) >= 11 is 0. The first kappa shape index (κ1) is 20.7. The molecule has 31 heavy (non-hydrogen) atoms. The minimum absolute atomic E-state index is 0.0153. The Hall–Kier alpha value is -3.56. The second kappa shape index (κ2) is 7.60. The van der Waals surface area contributed by atoms with Gasteiger partial charge < -0.3 is 15.7 Å². The van der Waals surface area contributed by atoms with Crippen LogP contribution in [0.2, 0.25) is 0 Å². The van der Waals surface area contributed by atoms with E-state index in [0.29, 0.717) is 5.56 Å². The standard InChI is InChI=1S/C21H18F4N4O2/c1-11-2-7-17(30)15(8-11)27-20(31)16-10-19-26-14(12-3-5-13(22)6-4-12)9-18(21(23,24)25)29(19)28-16/h2-8,10,14,18,26,30H,9H2,1H3,(H,27,31)/t14-,18-/m0/s1. The Balaban J connectivity index is 1.65. The van der Waals surface area contributed by atoms with Gasteiger partial charge in [-0.15, -0.1) is 0 Å². The van der Waals surface area contributed by atoms with E-state index in [9.17, 15) is 27.5 Å². The highest BCUT2D eigenvalue weighted by Crippen LogP contribution is 2.43. The average molecular weight is 434 g/mol. The maximum absolute atomic E-state index is 13.7. The first-order valence-corrected chi connectivity index (χ1v) is 9.41. The average Bonchev–Trinajstić information content (AvgIpc) is 3.14. The Morgan fingerprint density at radius 2 is 1.90 bits per heavy atom. The maximum atomic E-state index is 13.7. The van der Waals surface area contributed by atoms with Crippen LogP contribution in [0.3, 0.4) is 0 Å². The number of hydrogen-bond acceptors (Lipinski definition) is 4. The lowest BCUT2D eigenvalue weighted by molar-refractivity contribution is -0.173. The van der Waals surface area contributed by atoms with Gasteiger partial charge in [-0.1, -0.05) is 18.2 Å². The molecule has 4 rings (SSSR count). The highest BCUT2D eigenvalue weighted by molar-refractivity contribution is 6.04. The topological polar surface area (TPSA) is 79.2 Å². The molecule has 2 heterocycles. The van der Waals surface area contributed by atoms with Gasteiger partial charge in [0.2, 0.25) is 0 Å². The molecule has 162 valence electrons. The van der Waals surface area contributed by atoms with Gasteiger partial charge in [-0.3, -0.25) is 4.79 Å². The fourth-order valence-electron chi connectivity index (χ4n) is 3.53. The first-order chi connectivity index (χ1) is 14.6. The largest absolute Gasteiger partial charge is 0.506 e. The lowest BCUT2D eigenvalue weighted by Crippen LogP contribution is -2.35. The van der Waals surface area contributed by atoms with E-state index < -0.39 is 30.0 Å². The van der Waals surface area contributed by atoms with Crippen molar-refractivity contribution in [1.29, 1.82) is 0 Å². The number of nitrogens with zero attached hydrogens (tertiary/aromatic N) is 2. The predicted octanol–water partition coefficient (Wildman–Crippen LogP) is 4.95. The molecule has 0 saturated carbocycles. The number of alkyl halides is 3. The summed E-state index contributed by atoms with van der Waals surface area (Å²) in [4.78, 5) is 12.6. The third kappa shape index (κ3) is 4.18. The number of carbonyl (C=O) groups excluding carboxylic acids is 1. The summed E-state index contributed by atoms with van der Waals surface area (Å²) in [5.41, 5.74) is 1.15. The van der Waals surface area contributed by atoms with Gasteiger partial charge in [0, 0.05) is 12.5 Å². The minimum atomic E-state index is -4.61. The molecule has 2 atom stereocenters. The van der Waals surface area contributed by atoms with Crippen LogP contribution in [0.1, 0.15) is 40.1 Å². The zero-order valence-electron chi connectivity index (χ0n) is 16.2. The van der Waals surface area contributed by atoms with Crippen LogP contribution in [-0.4, -0.2) is 27.0 Å². The summed E-state index contributed by atoms with van der Waals surface area (Å²) in [7, 11) is 0. The summed E-state index contributed by atoms with van der Waals surface area (Å²) in [5, 5.41) is 19.2. The Bertz CT molecular complexity index is 1130. The fourth-order valence-corrected chi connectivity index (χ4v) is 3.53. The second-order valence-corrected chi connectivity index (χ2v) is 7.38. The van der Waals surface area contributed by atoms with Crippen molar-refractivity contribution in [2.24, 2.45) is 0 Å². The number of rotatable bonds is 3. The Morgan fingerprint density at radius 1 is 1.19 bits per heavy atom. The molecule has 2 aromatic carbocycles. The van der Waals surface area contributed by atoms with E-state index in [-0.39, 0.29) is 29.4 Å². The zero-order valence-corrected chi connectivity index (χ0v) is 16.2. The van der Waals surface area contributed by atoms with Crippen molar-refractivity contribution in [2.75, 3.05) is 10.6 Å². The molecule has 0 fully saturated rings. The van der Waals surface area contributed by atoms with Gasteiger partial charge >= 0.3 is 6.18 Å². The maximum Gasteiger partial charge on any atom is 0.410 e. The lowest BCUT2D eigenvalue weighted by Gasteiger charge is -2.33. The summed E-state index contributed by atoms with van der Waals surface area (Å²) in [5.74, 6) is -1.41. The highest BCUT2D eigenvalue weighted by Gasteiger charge is 2.46. The molecule has 0 spiro atoms. The van der Waals surface area contributed by atoms with E-state index in [2.05, 4.69) is 15.7 Å². The molecular weight excluding hydrogens is 416 g/mol. The number of halogens is 4. The molecule has 0 radical (unpaired) electrons. The van der Waals surface area contributed by atoms with E-state index >= 15 is 0 Å². The van der Waals surface area contributed by atoms with Gasteiger partial charge in [0.05, 0.1) is 11.7 Å². The summed E-state index contributed by atoms with van der Waals surface area (Å²) in [6.45, 7) is 1.76. The van der Waals surface area contributed by atoms with Gasteiger partial charge in [0.15, 0.2) is 11.7 Å². The number of phenols is 1. The molecule has 3 N–H and O–H groups in total. The number of aryl methyl sites for hydroxylation is 1. The zero-order chi connectivity index (χ0) is 22.3. The van der Waals surface area contributed by atoms with Crippen LogP contribution >= 0.6 is 0 Å². The number of fused-ring (bicyclic) bond motifs is 1. The van der Waals surface area contributed by atoms with Crippen molar-refractivity contribution >= 4 is 17.4 Å². The summed E-state index contributed by atoms with van der Waals surface area (Å²) < 4.78 is 55.2. The minimum Gasteiger partial charge on any atom is -0.506 e. The van der Waals surface area contributed by atoms with Crippen LogP contribution in [0.15, 0.2) is 48.5 Å². The molecule has 10 heteroatoms. The van der Waals surface area contributed by atoms with Gasteiger partial charge in [0.1, 0.15) is 17.4 Å². The van der Waals surface area contributed by atoms with Crippen molar-refractivity contribution in [3.63, 3.8) is 0 Å². The number of anilines is 2. The second-order valence-electron chi connectivity index (χ2n) is 7.38. The molecule has 0 aliphatic carbocycles. The van der Waals surface area contributed by atoms with Crippen molar-refractivity contribution in [3.05, 3.63) is 71.2 Å². The van der Waals surface area contributed by atoms with Crippen LogP contribution in [0.25, 0.3) is 0 Å². The number of benzene rings is 2. The third-order valence-corrected chi connectivity index (χ3v) is 5.10. The molecule has 1 aliphatic heterocycles. The predicted molar refractivity (Wildman–Crippen MR) is 105 cm³/mol. The number of aromatic hydroxyl groups is 1. The summed E-state index contributed by atoms with van der Waals surface area (Å²) in [6, 6.07) is 8.28. The summed E-state index contributed by atoms with van der Waals surface area (Å²) in [6.07, 6.45) is -4.98. The number of amides is 1. The van der Waals surface area contributed by atoms with E-state index in [1.807, 2.05) is 0 Å². The Labute approximate surface area is 174 Å². The molecular formula is C21H18F4N4O2.